The van der Waals surface area contributed by atoms with Gasteiger partial charge in [0.05, 0.1) is 12.6 Å². The first-order valence-corrected chi connectivity index (χ1v) is 6.61. The van der Waals surface area contributed by atoms with E-state index in [2.05, 4.69) is 4.90 Å². The van der Waals surface area contributed by atoms with Gasteiger partial charge >= 0.3 is 0 Å². The lowest BCUT2D eigenvalue weighted by Crippen LogP contribution is -2.39. The summed E-state index contributed by atoms with van der Waals surface area (Å²) in [6.45, 7) is 2.31. The first-order valence-electron chi connectivity index (χ1n) is 6.23. The molecule has 0 bridgehead atoms. The number of carbonyl (C=O) groups is 1. The number of methoxy groups -OCH3 is 1. The lowest BCUT2D eigenvalue weighted by molar-refractivity contribution is 0.0401. The van der Waals surface area contributed by atoms with E-state index in [1.54, 1.807) is 19.2 Å². The van der Waals surface area contributed by atoms with Gasteiger partial charge in [-0.2, -0.15) is 0 Å². The Bertz CT molecular complexity index is 414. The van der Waals surface area contributed by atoms with E-state index < -0.39 is 0 Å². The van der Waals surface area contributed by atoms with Crippen molar-refractivity contribution < 1.29 is 9.53 Å². The van der Waals surface area contributed by atoms with Gasteiger partial charge in [0.1, 0.15) is 0 Å². The molecule has 1 aliphatic heterocycles. The Morgan fingerprint density at radius 2 is 2.17 bits per heavy atom. The van der Waals surface area contributed by atoms with Gasteiger partial charge in [0.25, 0.3) is 0 Å². The van der Waals surface area contributed by atoms with Gasteiger partial charge in [-0.25, -0.2) is 0 Å². The summed E-state index contributed by atoms with van der Waals surface area (Å²) >= 11 is 5.89. The summed E-state index contributed by atoms with van der Waals surface area (Å²) in [6.07, 6.45) is 2.35. The van der Waals surface area contributed by atoms with Crippen molar-refractivity contribution in [3.63, 3.8) is 0 Å². The monoisotopic (exact) mass is 267 g/mol. The predicted octanol–water partition coefficient (Wildman–Crippen LogP) is 2.63. The van der Waals surface area contributed by atoms with Gasteiger partial charge in [0.2, 0.25) is 0 Å². The molecule has 1 saturated heterocycles. The molecular formula is C14H18ClNO2. The molecule has 1 heterocycles. The van der Waals surface area contributed by atoms with Crippen LogP contribution in [0, 0.1) is 0 Å². The summed E-state index contributed by atoms with van der Waals surface area (Å²) < 4.78 is 5.32. The Hall–Kier alpha value is -0.900. The van der Waals surface area contributed by atoms with Crippen molar-refractivity contribution in [3.8, 4) is 0 Å². The fourth-order valence-electron chi connectivity index (χ4n) is 2.26. The maximum absolute atomic E-state index is 12.1. The van der Waals surface area contributed by atoms with Crippen LogP contribution < -0.4 is 0 Å². The van der Waals surface area contributed by atoms with Gasteiger partial charge in [-0.1, -0.05) is 23.7 Å². The lowest BCUT2D eigenvalue weighted by atomic mass is 10.1. The Kier molecular flexibility index (Phi) is 4.75. The zero-order valence-electron chi connectivity index (χ0n) is 10.6. The van der Waals surface area contributed by atoms with Crippen LogP contribution in [0.5, 0.6) is 0 Å². The predicted molar refractivity (Wildman–Crippen MR) is 72.3 cm³/mol. The van der Waals surface area contributed by atoms with Crippen molar-refractivity contribution in [1.82, 2.24) is 4.90 Å². The topological polar surface area (TPSA) is 29.5 Å². The molecule has 3 nitrogen and oxygen atoms in total. The van der Waals surface area contributed by atoms with E-state index in [1.165, 1.54) is 0 Å². The largest absolute Gasteiger partial charge is 0.381 e. The average Bonchev–Trinajstić information content (AvgIpc) is 2.39. The number of likely N-dealkylation sites (tertiary alicyclic amines) is 1. The van der Waals surface area contributed by atoms with E-state index in [4.69, 9.17) is 16.3 Å². The Morgan fingerprint density at radius 1 is 1.44 bits per heavy atom. The van der Waals surface area contributed by atoms with Gasteiger partial charge in [-0.3, -0.25) is 9.69 Å². The maximum atomic E-state index is 12.1. The number of ketones is 1. The highest BCUT2D eigenvalue weighted by molar-refractivity contribution is 6.31. The number of benzene rings is 1. The third-order valence-corrected chi connectivity index (χ3v) is 3.62. The lowest BCUT2D eigenvalue weighted by Gasteiger charge is -2.30. The molecule has 0 saturated carbocycles. The minimum Gasteiger partial charge on any atom is -0.381 e. The van der Waals surface area contributed by atoms with E-state index in [0.29, 0.717) is 23.2 Å². The number of hydrogen-bond donors (Lipinski definition) is 0. The molecule has 0 amide bonds. The summed E-state index contributed by atoms with van der Waals surface area (Å²) in [5, 5.41) is 0.610. The van der Waals surface area contributed by atoms with Gasteiger partial charge in [0.15, 0.2) is 5.78 Å². The van der Waals surface area contributed by atoms with Gasteiger partial charge < -0.3 is 4.74 Å². The number of Topliss-reactive ketones (excluding diaryl/α,β-unsaturated/α-hetero) is 1. The molecule has 1 aromatic rings. The van der Waals surface area contributed by atoms with Crippen molar-refractivity contribution in [2.24, 2.45) is 0 Å². The van der Waals surface area contributed by atoms with E-state index in [9.17, 15) is 4.79 Å². The quantitative estimate of drug-likeness (QED) is 0.786. The molecule has 1 fully saturated rings. The van der Waals surface area contributed by atoms with Crippen LogP contribution in [0.3, 0.4) is 0 Å². The van der Waals surface area contributed by atoms with Crippen LogP contribution in [-0.4, -0.2) is 43.5 Å². The minimum atomic E-state index is 0.133. The molecule has 0 spiro atoms. The Balaban J connectivity index is 1.89. The van der Waals surface area contributed by atoms with Crippen molar-refractivity contribution in [2.45, 2.75) is 18.9 Å². The molecule has 4 heteroatoms. The van der Waals surface area contributed by atoms with Gasteiger partial charge in [0, 0.05) is 30.8 Å². The second kappa shape index (κ2) is 6.32. The number of rotatable bonds is 4. The molecule has 0 unspecified atom stereocenters. The number of halogens is 1. The Morgan fingerprint density at radius 3 is 2.78 bits per heavy atom. The average molecular weight is 268 g/mol. The van der Waals surface area contributed by atoms with Crippen molar-refractivity contribution in [2.75, 3.05) is 26.7 Å². The van der Waals surface area contributed by atoms with Crippen LogP contribution in [-0.2, 0) is 4.74 Å². The zero-order chi connectivity index (χ0) is 13.0. The highest BCUT2D eigenvalue weighted by Crippen LogP contribution is 2.15. The number of piperidine rings is 1. The molecule has 1 aliphatic rings. The third-order valence-electron chi connectivity index (χ3n) is 3.38. The summed E-state index contributed by atoms with van der Waals surface area (Å²) in [7, 11) is 1.75. The minimum absolute atomic E-state index is 0.133. The van der Waals surface area contributed by atoms with E-state index in [0.717, 1.165) is 25.9 Å². The number of ether oxygens (including phenoxy) is 1. The molecule has 0 radical (unpaired) electrons. The maximum Gasteiger partial charge on any atom is 0.176 e. The fraction of sp³-hybridized carbons (Fsp3) is 0.500. The summed E-state index contributed by atoms with van der Waals surface area (Å²) in [6, 6.07) is 7.14. The van der Waals surface area contributed by atoms with Crippen LogP contribution in [0.4, 0.5) is 0 Å². The number of hydrogen-bond acceptors (Lipinski definition) is 3. The molecule has 0 aromatic heterocycles. The van der Waals surface area contributed by atoms with Crippen LogP contribution in [0.1, 0.15) is 23.2 Å². The van der Waals surface area contributed by atoms with Crippen LogP contribution >= 0.6 is 11.6 Å². The molecule has 98 valence electrons. The first kappa shape index (κ1) is 13.5. The molecule has 0 aliphatic carbocycles. The molecule has 0 atom stereocenters. The smallest absolute Gasteiger partial charge is 0.176 e. The molecule has 1 aromatic carbocycles. The number of carbonyl (C=O) groups excluding carboxylic acids is 1. The van der Waals surface area contributed by atoms with Crippen molar-refractivity contribution in [3.05, 3.63) is 34.9 Å². The van der Waals surface area contributed by atoms with Crippen molar-refractivity contribution >= 4 is 17.4 Å². The molecular weight excluding hydrogens is 250 g/mol. The molecule has 2 rings (SSSR count). The van der Waals surface area contributed by atoms with E-state index >= 15 is 0 Å². The third kappa shape index (κ3) is 3.55. The first-order chi connectivity index (χ1) is 8.69. The second-order valence-electron chi connectivity index (χ2n) is 4.64. The van der Waals surface area contributed by atoms with Crippen LogP contribution in [0.2, 0.25) is 5.02 Å². The van der Waals surface area contributed by atoms with Gasteiger partial charge in [-0.05, 0) is 25.0 Å². The van der Waals surface area contributed by atoms with E-state index in [-0.39, 0.29) is 5.78 Å². The van der Waals surface area contributed by atoms with Crippen LogP contribution in [0.15, 0.2) is 24.3 Å². The zero-order valence-corrected chi connectivity index (χ0v) is 11.3. The van der Waals surface area contributed by atoms with Crippen molar-refractivity contribution in [1.29, 1.82) is 0 Å². The fourth-order valence-corrected chi connectivity index (χ4v) is 2.45. The summed E-state index contributed by atoms with van der Waals surface area (Å²) in [4.78, 5) is 14.3. The molecule has 18 heavy (non-hydrogen) atoms. The molecule has 0 N–H and O–H groups in total. The normalized spacial score (nSPS) is 17.9. The summed E-state index contributed by atoms with van der Waals surface area (Å²) in [5.74, 6) is 0.133. The summed E-state index contributed by atoms with van der Waals surface area (Å²) in [5.41, 5.74) is 0.691. The standard InChI is InChI=1S/C14H18ClNO2/c1-18-13-5-7-16(8-6-13)10-14(17)11-3-2-4-12(15)9-11/h2-4,9,13H,5-8,10H2,1H3. The van der Waals surface area contributed by atoms with Gasteiger partial charge in [-0.15, -0.1) is 0 Å². The Labute approximate surface area is 113 Å². The SMILES string of the molecule is COC1CCN(CC(=O)c2cccc(Cl)c2)CC1. The highest BCUT2D eigenvalue weighted by Gasteiger charge is 2.20. The number of nitrogens with zero attached hydrogens (tertiary/aromatic N) is 1. The second-order valence-corrected chi connectivity index (χ2v) is 5.08. The van der Waals surface area contributed by atoms with Crippen LogP contribution in [0.25, 0.3) is 0 Å². The van der Waals surface area contributed by atoms with E-state index in [1.807, 2.05) is 12.1 Å². The highest BCUT2D eigenvalue weighted by atomic mass is 35.5.